The molecule has 0 atom stereocenters. The summed E-state index contributed by atoms with van der Waals surface area (Å²) < 4.78 is 0. The fraction of sp³-hybridized carbons (Fsp3) is 0.0390. The Morgan fingerprint density at radius 3 is 0.910 bits per heavy atom. The number of hydrogen-bond donors (Lipinski definition) is 0. The van der Waals surface area contributed by atoms with Gasteiger partial charge in [0.25, 0.3) is 0 Å². The van der Waals surface area contributed by atoms with Gasteiger partial charge in [-0.2, -0.15) is 0 Å². The molecule has 0 saturated heterocycles. The number of benzene rings is 13. The van der Waals surface area contributed by atoms with Gasteiger partial charge in [0, 0.05) is 17.1 Å². The molecule has 2 aliphatic carbocycles. The second-order valence-corrected chi connectivity index (χ2v) is 21.1. The van der Waals surface area contributed by atoms with Crippen LogP contribution in [0.15, 0.2) is 303 Å². The summed E-state index contributed by atoms with van der Waals surface area (Å²) in [6, 6.07) is 114. The predicted molar refractivity (Wildman–Crippen MR) is 326 cm³/mol. The Kier molecular flexibility index (Phi) is 10.6. The maximum Gasteiger partial charge on any atom is 0.0714 e. The van der Waals surface area contributed by atoms with Gasteiger partial charge in [-0.25, -0.2) is 0 Å². The van der Waals surface area contributed by atoms with E-state index in [4.69, 9.17) is 0 Å². The van der Waals surface area contributed by atoms with Crippen LogP contribution in [0, 0.1) is 6.92 Å². The van der Waals surface area contributed by atoms with Crippen LogP contribution in [0.25, 0.3) is 66.1 Å². The number of fused-ring (bicyclic) bond motifs is 10. The van der Waals surface area contributed by atoms with Crippen LogP contribution >= 0.6 is 0 Å². The van der Waals surface area contributed by atoms with E-state index in [0.29, 0.717) is 0 Å². The molecule has 0 saturated carbocycles. The lowest BCUT2D eigenvalue weighted by molar-refractivity contribution is 0.768. The van der Waals surface area contributed by atoms with Gasteiger partial charge in [-0.1, -0.05) is 260 Å². The van der Waals surface area contributed by atoms with E-state index in [2.05, 4.69) is 315 Å². The van der Waals surface area contributed by atoms with Crippen LogP contribution in [0.5, 0.6) is 0 Å². The summed E-state index contributed by atoms with van der Waals surface area (Å²) in [5.74, 6) is 0. The van der Waals surface area contributed by atoms with E-state index >= 15 is 0 Å². The van der Waals surface area contributed by atoms with Crippen molar-refractivity contribution in [1.82, 2.24) is 0 Å². The number of aryl methyl sites for hydroxylation is 1. The van der Waals surface area contributed by atoms with Crippen molar-refractivity contribution in [3.63, 3.8) is 0 Å². The molecule has 0 heterocycles. The van der Waals surface area contributed by atoms with E-state index in [1.54, 1.807) is 0 Å². The maximum absolute atomic E-state index is 2.52. The van der Waals surface area contributed by atoms with Gasteiger partial charge in [0.2, 0.25) is 0 Å². The molecular weight excluding hydrogens is 939 g/mol. The minimum Gasteiger partial charge on any atom is -0.310 e. The molecule has 78 heavy (non-hydrogen) atoms. The Hall–Kier alpha value is -9.82. The van der Waals surface area contributed by atoms with Gasteiger partial charge < -0.3 is 4.90 Å². The third kappa shape index (κ3) is 6.74. The Morgan fingerprint density at radius 1 is 0.244 bits per heavy atom. The summed E-state index contributed by atoms with van der Waals surface area (Å²) in [5, 5.41) is 5.01. The van der Waals surface area contributed by atoms with E-state index in [1.165, 1.54) is 116 Å². The molecule has 0 aromatic heterocycles. The normalized spacial score (nSPS) is 13.4. The van der Waals surface area contributed by atoms with Crippen LogP contribution < -0.4 is 4.90 Å². The lowest BCUT2D eigenvalue weighted by Gasteiger charge is -2.36. The van der Waals surface area contributed by atoms with Gasteiger partial charge in [-0.15, -0.1) is 0 Å². The molecule has 0 amide bonds. The molecule has 13 aromatic carbocycles. The fourth-order valence-electron chi connectivity index (χ4n) is 13.8. The molecule has 13 aromatic rings. The fourth-order valence-corrected chi connectivity index (χ4v) is 13.8. The average Bonchev–Trinajstić information content (AvgIpc) is 4.12. The topological polar surface area (TPSA) is 3.24 Å². The highest BCUT2D eigenvalue weighted by Crippen LogP contribution is 2.62. The van der Waals surface area contributed by atoms with Crippen molar-refractivity contribution in [2.45, 2.75) is 17.8 Å². The second-order valence-electron chi connectivity index (χ2n) is 21.1. The van der Waals surface area contributed by atoms with Gasteiger partial charge in [-0.05, 0) is 166 Å². The molecule has 0 spiro atoms. The summed E-state index contributed by atoms with van der Waals surface area (Å²) in [6.07, 6.45) is 0. The van der Waals surface area contributed by atoms with Crippen molar-refractivity contribution in [2.24, 2.45) is 0 Å². The minimum absolute atomic E-state index is 0.664. The molecule has 15 rings (SSSR count). The van der Waals surface area contributed by atoms with Gasteiger partial charge in [0.1, 0.15) is 0 Å². The van der Waals surface area contributed by atoms with E-state index in [9.17, 15) is 0 Å². The molecule has 0 aliphatic heterocycles. The van der Waals surface area contributed by atoms with Crippen LogP contribution in [-0.4, -0.2) is 0 Å². The molecule has 0 fully saturated rings. The second kappa shape index (κ2) is 18.2. The number of rotatable bonds is 9. The smallest absolute Gasteiger partial charge is 0.0714 e. The van der Waals surface area contributed by atoms with Crippen molar-refractivity contribution in [2.75, 3.05) is 4.90 Å². The lowest BCUT2D eigenvalue weighted by Crippen LogP contribution is -2.29. The largest absolute Gasteiger partial charge is 0.310 e. The highest BCUT2D eigenvalue weighted by Gasteiger charge is 2.49. The van der Waals surface area contributed by atoms with Gasteiger partial charge in [0.05, 0.1) is 10.8 Å². The molecule has 0 unspecified atom stereocenters. The summed E-state index contributed by atoms with van der Waals surface area (Å²) in [7, 11) is 0. The van der Waals surface area contributed by atoms with Crippen molar-refractivity contribution in [3.8, 4) is 44.5 Å². The zero-order chi connectivity index (χ0) is 51.8. The monoisotopic (exact) mass is 991 g/mol. The highest BCUT2D eigenvalue weighted by molar-refractivity contribution is 6.12. The molecule has 0 bridgehead atoms. The number of nitrogens with zero attached hydrogens (tertiary/aromatic N) is 1. The third-order valence-corrected chi connectivity index (χ3v) is 17.1. The zero-order valence-corrected chi connectivity index (χ0v) is 43.3. The van der Waals surface area contributed by atoms with E-state index < -0.39 is 10.8 Å². The summed E-state index contributed by atoms with van der Waals surface area (Å²) >= 11 is 0. The molecule has 1 nitrogen and oxygen atoms in total. The average molecular weight is 992 g/mol. The molecule has 1 heteroatoms. The summed E-state index contributed by atoms with van der Waals surface area (Å²) in [6.45, 7) is 2.18. The first-order valence-electron chi connectivity index (χ1n) is 27.2. The number of hydrogen-bond acceptors (Lipinski definition) is 1. The third-order valence-electron chi connectivity index (χ3n) is 17.1. The van der Waals surface area contributed by atoms with Crippen molar-refractivity contribution < 1.29 is 0 Å². The quantitative estimate of drug-likeness (QED) is 0.139. The molecule has 366 valence electrons. The first kappa shape index (κ1) is 45.6. The maximum atomic E-state index is 2.52. The summed E-state index contributed by atoms with van der Waals surface area (Å²) in [5.41, 5.74) is 23.2. The van der Waals surface area contributed by atoms with Crippen LogP contribution in [0.1, 0.15) is 50.1 Å². The first-order chi connectivity index (χ1) is 38.6. The van der Waals surface area contributed by atoms with Crippen LogP contribution in [0.4, 0.5) is 17.1 Å². The van der Waals surface area contributed by atoms with Gasteiger partial charge in [0.15, 0.2) is 0 Å². The zero-order valence-electron chi connectivity index (χ0n) is 43.3. The van der Waals surface area contributed by atoms with Crippen LogP contribution in [0.3, 0.4) is 0 Å². The van der Waals surface area contributed by atoms with E-state index in [-0.39, 0.29) is 0 Å². The van der Waals surface area contributed by atoms with Crippen LogP contribution in [0.2, 0.25) is 0 Å². The van der Waals surface area contributed by atoms with Gasteiger partial charge in [-0.3, -0.25) is 0 Å². The Labute approximate surface area is 456 Å². The van der Waals surface area contributed by atoms with Crippen LogP contribution in [-0.2, 0) is 10.8 Å². The Bertz CT molecular complexity index is 4050. The van der Waals surface area contributed by atoms with Crippen molar-refractivity contribution in [1.29, 1.82) is 0 Å². The standard InChI is InChI=1S/C77H53N/c1-52-40-42-59(43-41-52)78(60-44-46-66-70(48-60)76(55-28-12-4-13-29-55,56-30-14-5-15-31-56)72-50-68(53-24-8-2-9-25-53)62-36-20-22-38-64(62)74(66)72)61-45-47-67-71(49-61)77(57-32-16-6-17-33-57,58-34-18-7-19-35-58)73-51-69(54-26-10-3-11-27-54)63-37-21-23-39-65(63)75(67)73/h2-51H,1H3. The molecule has 2 aliphatic rings. The van der Waals surface area contributed by atoms with E-state index in [0.717, 1.165) is 17.1 Å². The predicted octanol–water partition coefficient (Wildman–Crippen LogP) is 19.8. The van der Waals surface area contributed by atoms with Crippen molar-refractivity contribution in [3.05, 3.63) is 353 Å². The molecular formula is C77H53N. The Balaban J connectivity index is 1.03. The Morgan fingerprint density at radius 2 is 0.551 bits per heavy atom. The lowest BCUT2D eigenvalue weighted by atomic mass is 9.67. The summed E-state index contributed by atoms with van der Waals surface area (Å²) in [4.78, 5) is 2.51. The van der Waals surface area contributed by atoms with E-state index in [1.807, 2.05) is 0 Å². The molecule has 0 N–H and O–H groups in total. The first-order valence-corrected chi connectivity index (χ1v) is 27.2. The van der Waals surface area contributed by atoms with Gasteiger partial charge >= 0.3 is 0 Å². The minimum atomic E-state index is -0.664. The SMILES string of the molecule is Cc1ccc(N(c2ccc3c(c2)C(c2ccccc2)(c2ccccc2)c2cc(-c4ccccc4)c4ccccc4c2-3)c2ccc3c(c2)C(c2ccccc2)(c2ccccc2)c2cc(-c4ccccc4)c4ccccc4c2-3)cc1. The highest BCUT2D eigenvalue weighted by atomic mass is 15.1. The number of anilines is 3. The molecule has 0 radical (unpaired) electrons. The van der Waals surface area contributed by atoms with Crippen molar-refractivity contribution >= 4 is 38.6 Å².